The number of nitrogens with one attached hydrogen (secondary N) is 1. The highest BCUT2D eigenvalue weighted by atomic mass is 16.5. The fourth-order valence-corrected chi connectivity index (χ4v) is 1.59. The van der Waals surface area contributed by atoms with Gasteiger partial charge in [0.15, 0.2) is 6.61 Å². The molecule has 0 bridgehead atoms. The van der Waals surface area contributed by atoms with Crippen molar-refractivity contribution in [3.05, 3.63) is 29.3 Å². The van der Waals surface area contributed by atoms with E-state index in [1.807, 2.05) is 39.0 Å². The fraction of sp³-hybridized carbons (Fsp3) is 0.500. The molecule has 0 aliphatic heterocycles. The SMILES string of the molecule is Cc1cccc(C)c1OCC(=O)NCC(C)CN. The zero-order valence-electron chi connectivity index (χ0n) is 11.3. The van der Waals surface area contributed by atoms with Crippen LogP contribution in [-0.4, -0.2) is 25.6 Å². The Morgan fingerprint density at radius 3 is 2.56 bits per heavy atom. The minimum Gasteiger partial charge on any atom is -0.483 e. The van der Waals surface area contributed by atoms with Gasteiger partial charge in [0.25, 0.3) is 5.91 Å². The van der Waals surface area contributed by atoms with Crippen LogP contribution in [0.25, 0.3) is 0 Å². The number of para-hydroxylation sites is 1. The van der Waals surface area contributed by atoms with Crippen molar-refractivity contribution in [3.63, 3.8) is 0 Å². The van der Waals surface area contributed by atoms with E-state index in [0.29, 0.717) is 13.1 Å². The zero-order valence-corrected chi connectivity index (χ0v) is 11.3. The molecule has 1 amide bonds. The van der Waals surface area contributed by atoms with E-state index in [9.17, 15) is 4.79 Å². The third kappa shape index (κ3) is 4.37. The Morgan fingerprint density at radius 1 is 1.39 bits per heavy atom. The van der Waals surface area contributed by atoms with Crippen LogP contribution < -0.4 is 15.8 Å². The number of aryl methyl sites for hydroxylation is 2. The first kappa shape index (κ1) is 14.5. The molecule has 100 valence electrons. The lowest BCUT2D eigenvalue weighted by Crippen LogP contribution is -2.34. The summed E-state index contributed by atoms with van der Waals surface area (Å²) >= 11 is 0. The van der Waals surface area contributed by atoms with Crippen LogP contribution in [0.2, 0.25) is 0 Å². The molecule has 0 aliphatic rings. The third-order valence-corrected chi connectivity index (χ3v) is 2.81. The van der Waals surface area contributed by atoms with Crippen molar-refractivity contribution in [3.8, 4) is 5.75 Å². The summed E-state index contributed by atoms with van der Waals surface area (Å²) in [5.74, 6) is 0.964. The van der Waals surface area contributed by atoms with E-state index >= 15 is 0 Å². The number of benzene rings is 1. The number of hydrogen-bond donors (Lipinski definition) is 2. The van der Waals surface area contributed by atoms with Crippen molar-refractivity contribution >= 4 is 5.91 Å². The highest BCUT2D eigenvalue weighted by Gasteiger charge is 2.08. The van der Waals surface area contributed by atoms with Gasteiger partial charge in [-0.1, -0.05) is 25.1 Å². The molecule has 0 spiro atoms. The first-order valence-corrected chi connectivity index (χ1v) is 6.20. The van der Waals surface area contributed by atoms with Crippen LogP contribution in [0.4, 0.5) is 0 Å². The molecule has 18 heavy (non-hydrogen) atoms. The van der Waals surface area contributed by atoms with Crippen molar-refractivity contribution in [1.29, 1.82) is 0 Å². The molecule has 0 saturated heterocycles. The summed E-state index contributed by atoms with van der Waals surface area (Å²) in [6, 6.07) is 5.91. The molecule has 1 aromatic carbocycles. The molecule has 0 aliphatic carbocycles. The Kier molecular flexibility index (Phi) is 5.65. The quantitative estimate of drug-likeness (QED) is 0.802. The Labute approximate surface area is 109 Å². The van der Waals surface area contributed by atoms with E-state index in [0.717, 1.165) is 16.9 Å². The first-order chi connectivity index (χ1) is 8.54. The molecule has 0 fully saturated rings. The summed E-state index contributed by atoms with van der Waals surface area (Å²) in [6.07, 6.45) is 0. The summed E-state index contributed by atoms with van der Waals surface area (Å²) in [7, 11) is 0. The second kappa shape index (κ2) is 7.01. The average molecular weight is 250 g/mol. The predicted molar refractivity (Wildman–Crippen MR) is 72.6 cm³/mol. The molecular weight excluding hydrogens is 228 g/mol. The standard InChI is InChI=1S/C14H22N2O2/c1-10(7-15)8-16-13(17)9-18-14-11(2)5-4-6-12(14)3/h4-6,10H,7-9,15H2,1-3H3,(H,16,17). The van der Waals surface area contributed by atoms with Crippen molar-refractivity contribution in [2.45, 2.75) is 20.8 Å². The Hall–Kier alpha value is -1.55. The third-order valence-electron chi connectivity index (χ3n) is 2.81. The van der Waals surface area contributed by atoms with Gasteiger partial charge in [-0.05, 0) is 37.4 Å². The number of ether oxygens (including phenoxy) is 1. The molecule has 0 saturated carbocycles. The molecule has 3 N–H and O–H groups in total. The normalized spacial score (nSPS) is 12.0. The van der Waals surface area contributed by atoms with Crippen LogP contribution in [0.15, 0.2) is 18.2 Å². The van der Waals surface area contributed by atoms with Gasteiger partial charge < -0.3 is 15.8 Å². The van der Waals surface area contributed by atoms with Gasteiger partial charge in [-0.2, -0.15) is 0 Å². The predicted octanol–water partition coefficient (Wildman–Crippen LogP) is 1.39. The summed E-state index contributed by atoms with van der Waals surface area (Å²) < 4.78 is 5.55. The van der Waals surface area contributed by atoms with Gasteiger partial charge in [-0.3, -0.25) is 4.79 Å². The van der Waals surface area contributed by atoms with E-state index in [-0.39, 0.29) is 18.4 Å². The van der Waals surface area contributed by atoms with E-state index in [4.69, 9.17) is 10.5 Å². The van der Waals surface area contributed by atoms with Gasteiger partial charge in [0.1, 0.15) is 5.75 Å². The molecule has 0 aromatic heterocycles. The Bertz CT molecular complexity index is 385. The van der Waals surface area contributed by atoms with E-state index in [2.05, 4.69) is 5.32 Å². The lowest BCUT2D eigenvalue weighted by molar-refractivity contribution is -0.123. The van der Waals surface area contributed by atoms with Crippen molar-refractivity contribution in [1.82, 2.24) is 5.32 Å². The summed E-state index contributed by atoms with van der Waals surface area (Å²) in [5, 5.41) is 2.80. The largest absolute Gasteiger partial charge is 0.483 e. The van der Waals surface area contributed by atoms with Crippen LogP contribution >= 0.6 is 0 Å². The van der Waals surface area contributed by atoms with Gasteiger partial charge in [-0.25, -0.2) is 0 Å². The molecule has 0 heterocycles. The monoisotopic (exact) mass is 250 g/mol. The average Bonchev–Trinajstić information content (AvgIpc) is 2.35. The van der Waals surface area contributed by atoms with Crippen molar-refractivity contribution < 1.29 is 9.53 Å². The van der Waals surface area contributed by atoms with E-state index in [1.54, 1.807) is 0 Å². The fourth-order valence-electron chi connectivity index (χ4n) is 1.59. The molecule has 4 nitrogen and oxygen atoms in total. The maximum atomic E-state index is 11.6. The minimum absolute atomic E-state index is 0.0446. The zero-order chi connectivity index (χ0) is 13.5. The molecule has 4 heteroatoms. The highest BCUT2D eigenvalue weighted by molar-refractivity contribution is 5.77. The summed E-state index contributed by atoms with van der Waals surface area (Å²) in [6.45, 7) is 7.13. The Morgan fingerprint density at radius 2 is 2.00 bits per heavy atom. The van der Waals surface area contributed by atoms with Crippen molar-refractivity contribution in [2.75, 3.05) is 19.7 Å². The Balaban J connectivity index is 2.43. The number of carbonyl (C=O) groups excluding carboxylic acids is 1. The topological polar surface area (TPSA) is 64.3 Å². The second-order valence-electron chi connectivity index (χ2n) is 4.65. The lowest BCUT2D eigenvalue weighted by atomic mass is 10.1. The summed E-state index contributed by atoms with van der Waals surface area (Å²) in [5.41, 5.74) is 7.56. The van der Waals surface area contributed by atoms with Crippen LogP contribution in [0.1, 0.15) is 18.1 Å². The molecule has 1 atom stereocenters. The van der Waals surface area contributed by atoms with Gasteiger partial charge in [0, 0.05) is 6.54 Å². The van der Waals surface area contributed by atoms with Crippen LogP contribution in [0.5, 0.6) is 5.75 Å². The molecular formula is C14H22N2O2. The number of carbonyl (C=O) groups is 1. The first-order valence-electron chi connectivity index (χ1n) is 6.20. The van der Waals surface area contributed by atoms with Gasteiger partial charge in [-0.15, -0.1) is 0 Å². The minimum atomic E-state index is -0.113. The smallest absolute Gasteiger partial charge is 0.257 e. The molecule has 1 aromatic rings. The molecule has 1 rings (SSSR count). The summed E-state index contributed by atoms with van der Waals surface area (Å²) in [4.78, 5) is 11.6. The molecule has 1 unspecified atom stereocenters. The van der Waals surface area contributed by atoms with Gasteiger partial charge in [0.05, 0.1) is 0 Å². The maximum absolute atomic E-state index is 11.6. The van der Waals surface area contributed by atoms with Crippen LogP contribution in [0.3, 0.4) is 0 Å². The van der Waals surface area contributed by atoms with Crippen molar-refractivity contribution in [2.24, 2.45) is 11.7 Å². The second-order valence-corrected chi connectivity index (χ2v) is 4.65. The maximum Gasteiger partial charge on any atom is 0.257 e. The van der Waals surface area contributed by atoms with Gasteiger partial charge in [0.2, 0.25) is 0 Å². The van der Waals surface area contributed by atoms with E-state index < -0.39 is 0 Å². The lowest BCUT2D eigenvalue weighted by Gasteiger charge is -2.13. The number of nitrogens with two attached hydrogens (primary N) is 1. The van der Waals surface area contributed by atoms with Crippen LogP contribution in [-0.2, 0) is 4.79 Å². The van der Waals surface area contributed by atoms with E-state index in [1.165, 1.54) is 0 Å². The molecule has 0 radical (unpaired) electrons. The van der Waals surface area contributed by atoms with Gasteiger partial charge >= 0.3 is 0 Å². The number of rotatable bonds is 6. The highest BCUT2D eigenvalue weighted by Crippen LogP contribution is 2.21. The number of hydrogen-bond acceptors (Lipinski definition) is 3. The number of amides is 1. The van der Waals surface area contributed by atoms with Crippen LogP contribution in [0, 0.1) is 19.8 Å².